The standard InChI is InChI=1S/C13H25N3O4/c1-12(2,3)19-10(17)16(9(14-7)15-8)11(18)20-13(4,5)6/h1-8H3,(H,14,15). The fourth-order valence-electron chi connectivity index (χ4n) is 1.19. The molecule has 0 saturated heterocycles. The number of carbonyl (C=O) groups is 2. The number of amides is 2. The number of aliphatic imine (C=N–C) groups is 1. The number of hydrogen-bond acceptors (Lipinski definition) is 5. The number of rotatable bonds is 0. The number of guanidine groups is 1. The van der Waals surface area contributed by atoms with Gasteiger partial charge in [-0.1, -0.05) is 0 Å². The Balaban J connectivity index is 5.30. The Morgan fingerprint density at radius 2 is 1.30 bits per heavy atom. The van der Waals surface area contributed by atoms with Crippen molar-refractivity contribution in [2.75, 3.05) is 14.1 Å². The van der Waals surface area contributed by atoms with Gasteiger partial charge in [-0.2, -0.15) is 0 Å². The first-order valence-corrected chi connectivity index (χ1v) is 6.32. The number of carbonyl (C=O) groups excluding carboxylic acids is 2. The van der Waals surface area contributed by atoms with Crippen molar-refractivity contribution < 1.29 is 19.1 Å². The minimum atomic E-state index is -0.846. The van der Waals surface area contributed by atoms with Crippen LogP contribution in [0.1, 0.15) is 41.5 Å². The highest BCUT2D eigenvalue weighted by Crippen LogP contribution is 2.14. The third kappa shape index (κ3) is 6.40. The molecule has 0 atom stereocenters. The lowest BCUT2D eigenvalue weighted by Gasteiger charge is -2.28. The van der Waals surface area contributed by atoms with Crippen LogP contribution in [0.15, 0.2) is 4.99 Å². The van der Waals surface area contributed by atoms with Crippen LogP contribution in [0.3, 0.4) is 0 Å². The summed E-state index contributed by atoms with van der Waals surface area (Å²) < 4.78 is 10.4. The average Bonchev–Trinajstić information content (AvgIpc) is 2.19. The molecule has 116 valence electrons. The summed E-state index contributed by atoms with van der Waals surface area (Å²) in [4.78, 5) is 28.8. The first-order valence-electron chi connectivity index (χ1n) is 6.32. The van der Waals surface area contributed by atoms with Gasteiger partial charge in [-0.3, -0.25) is 4.99 Å². The van der Waals surface area contributed by atoms with Crippen LogP contribution in [0.5, 0.6) is 0 Å². The van der Waals surface area contributed by atoms with Crippen molar-refractivity contribution in [2.45, 2.75) is 52.7 Å². The molecule has 0 aromatic carbocycles. The molecule has 0 aromatic heterocycles. The number of imide groups is 1. The molecule has 0 aliphatic rings. The molecule has 0 heterocycles. The van der Waals surface area contributed by atoms with E-state index in [1.54, 1.807) is 48.6 Å². The normalized spacial score (nSPS) is 12.7. The van der Waals surface area contributed by atoms with Crippen molar-refractivity contribution in [1.29, 1.82) is 0 Å². The summed E-state index contributed by atoms with van der Waals surface area (Å²) in [7, 11) is 3.00. The van der Waals surface area contributed by atoms with Gasteiger partial charge in [-0.15, -0.1) is 4.90 Å². The summed E-state index contributed by atoms with van der Waals surface area (Å²) in [5.74, 6) is 0.0495. The SMILES string of the molecule is CN=C(NC)N(C(=O)OC(C)(C)C)C(=O)OC(C)(C)C. The second kappa shape index (κ2) is 6.58. The maximum absolute atomic E-state index is 12.1. The summed E-state index contributed by atoms with van der Waals surface area (Å²) in [5.41, 5.74) is -1.46. The molecule has 7 nitrogen and oxygen atoms in total. The third-order valence-electron chi connectivity index (χ3n) is 1.80. The highest BCUT2D eigenvalue weighted by molar-refractivity contribution is 6.07. The molecule has 0 fully saturated rings. The summed E-state index contributed by atoms with van der Waals surface area (Å²) in [6, 6.07) is 0. The molecular formula is C13H25N3O4. The van der Waals surface area contributed by atoms with Gasteiger partial charge in [0.25, 0.3) is 0 Å². The van der Waals surface area contributed by atoms with Gasteiger partial charge in [0.2, 0.25) is 5.96 Å². The lowest BCUT2D eigenvalue weighted by molar-refractivity contribution is 0.0142. The maximum Gasteiger partial charge on any atom is 0.427 e. The third-order valence-corrected chi connectivity index (χ3v) is 1.80. The second-order valence-corrected chi connectivity index (χ2v) is 6.09. The molecule has 1 N–H and O–H groups in total. The molecule has 7 heteroatoms. The van der Waals surface area contributed by atoms with Gasteiger partial charge in [-0.25, -0.2) is 9.59 Å². The Hall–Kier alpha value is -1.79. The molecule has 0 radical (unpaired) electrons. The van der Waals surface area contributed by atoms with Gasteiger partial charge in [0.15, 0.2) is 0 Å². The van der Waals surface area contributed by atoms with Crippen molar-refractivity contribution >= 4 is 18.1 Å². The van der Waals surface area contributed by atoms with E-state index >= 15 is 0 Å². The summed E-state index contributed by atoms with van der Waals surface area (Å²) in [5, 5.41) is 2.66. The van der Waals surface area contributed by atoms with E-state index < -0.39 is 23.4 Å². The zero-order valence-corrected chi connectivity index (χ0v) is 13.5. The fraction of sp³-hybridized carbons (Fsp3) is 0.769. The van der Waals surface area contributed by atoms with Crippen LogP contribution in [0.25, 0.3) is 0 Å². The average molecular weight is 287 g/mol. The van der Waals surface area contributed by atoms with Crippen LogP contribution in [0, 0.1) is 0 Å². The molecule has 2 amide bonds. The Morgan fingerprint density at radius 3 is 1.50 bits per heavy atom. The highest BCUT2D eigenvalue weighted by Gasteiger charge is 2.34. The van der Waals surface area contributed by atoms with E-state index in [2.05, 4.69) is 10.3 Å². The topological polar surface area (TPSA) is 80.2 Å². The molecule has 0 aliphatic carbocycles. The first-order chi connectivity index (χ1) is 8.91. The first kappa shape index (κ1) is 18.2. The van der Waals surface area contributed by atoms with Gasteiger partial charge in [0.1, 0.15) is 11.2 Å². The monoisotopic (exact) mass is 287 g/mol. The van der Waals surface area contributed by atoms with Crippen LogP contribution < -0.4 is 5.32 Å². The lowest BCUT2D eigenvalue weighted by atomic mass is 10.2. The lowest BCUT2D eigenvalue weighted by Crippen LogP contribution is -2.50. The smallest absolute Gasteiger partial charge is 0.427 e. The Kier molecular flexibility index (Phi) is 5.99. The Bertz CT molecular complexity index is 363. The van der Waals surface area contributed by atoms with Gasteiger partial charge in [0.05, 0.1) is 0 Å². The number of nitrogens with one attached hydrogen (secondary N) is 1. The number of nitrogens with zero attached hydrogens (tertiary/aromatic N) is 2. The minimum absolute atomic E-state index is 0.0495. The van der Waals surface area contributed by atoms with E-state index in [9.17, 15) is 9.59 Å². The molecule has 0 bridgehead atoms. The van der Waals surface area contributed by atoms with Crippen molar-refractivity contribution in [3.05, 3.63) is 0 Å². The largest absolute Gasteiger partial charge is 0.443 e. The van der Waals surface area contributed by atoms with Crippen molar-refractivity contribution in [1.82, 2.24) is 10.2 Å². The van der Waals surface area contributed by atoms with E-state index in [0.717, 1.165) is 4.90 Å². The second-order valence-electron chi connectivity index (χ2n) is 6.09. The van der Waals surface area contributed by atoms with Gasteiger partial charge >= 0.3 is 12.2 Å². The van der Waals surface area contributed by atoms with Gasteiger partial charge in [-0.05, 0) is 41.5 Å². The molecule has 0 aromatic rings. The van der Waals surface area contributed by atoms with E-state index in [1.807, 2.05) is 0 Å². The van der Waals surface area contributed by atoms with Crippen LogP contribution in [0.4, 0.5) is 9.59 Å². The maximum atomic E-state index is 12.1. The molecule has 0 saturated carbocycles. The van der Waals surface area contributed by atoms with Crippen LogP contribution >= 0.6 is 0 Å². The fourth-order valence-corrected chi connectivity index (χ4v) is 1.19. The summed E-state index contributed by atoms with van der Waals surface area (Å²) in [6.45, 7) is 10.3. The zero-order chi connectivity index (χ0) is 16.1. The van der Waals surface area contributed by atoms with Crippen LogP contribution in [-0.2, 0) is 9.47 Å². The van der Waals surface area contributed by atoms with E-state index in [1.165, 1.54) is 7.05 Å². The molecule has 20 heavy (non-hydrogen) atoms. The van der Waals surface area contributed by atoms with Gasteiger partial charge in [0, 0.05) is 14.1 Å². The van der Waals surface area contributed by atoms with E-state index in [0.29, 0.717) is 0 Å². The number of ether oxygens (including phenoxy) is 2. The van der Waals surface area contributed by atoms with Crippen LogP contribution in [-0.4, -0.2) is 48.3 Å². The van der Waals surface area contributed by atoms with E-state index in [-0.39, 0.29) is 5.96 Å². The summed E-state index contributed by atoms with van der Waals surface area (Å²) >= 11 is 0. The van der Waals surface area contributed by atoms with Crippen molar-refractivity contribution in [3.63, 3.8) is 0 Å². The van der Waals surface area contributed by atoms with Crippen LogP contribution in [0.2, 0.25) is 0 Å². The van der Waals surface area contributed by atoms with Crippen molar-refractivity contribution in [2.24, 2.45) is 4.99 Å². The number of hydrogen-bond donors (Lipinski definition) is 1. The van der Waals surface area contributed by atoms with E-state index in [4.69, 9.17) is 9.47 Å². The highest BCUT2D eigenvalue weighted by atomic mass is 16.6. The summed E-state index contributed by atoms with van der Waals surface area (Å²) in [6.07, 6.45) is -1.69. The predicted octanol–water partition coefficient (Wildman–Crippen LogP) is 2.36. The van der Waals surface area contributed by atoms with Crippen molar-refractivity contribution in [3.8, 4) is 0 Å². The predicted molar refractivity (Wildman–Crippen MR) is 76.7 cm³/mol. The molecule has 0 unspecified atom stereocenters. The molecular weight excluding hydrogens is 262 g/mol. The quantitative estimate of drug-likeness (QED) is 0.546. The molecule has 0 rings (SSSR count). The molecule has 0 aliphatic heterocycles. The Labute approximate surface area is 120 Å². The van der Waals surface area contributed by atoms with Gasteiger partial charge < -0.3 is 14.8 Å². The zero-order valence-electron chi connectivity index (χ0n) is 13.5. The minimum Gasteiger partial charge on any atom is -0.443 e. The molecule has 0 spiro atoms. The Morgan fingerprint density at radius 1 is 0.950 bits per heavy atom.